The third kappa shape index (κ3) is 2.06. The number of hydrogen-bond donors (Lipinski definition) is 1. The smallest absolute Gasteiger partial charge is 0.316 e. The molecule has 0 unspecified atom stereocenters. The summed E-state index contributed by atoms with van der Waals surface area (Å²) < 4.78 is 10.5. The molecular weight excluding hydrogens is 268 g/mol. The Hall–Kier alpha value is -1.69. The topological polar surface area (TPSA) is 72.8 Å². The number of benzene rings is 1. The van der Waals surface area contributed by atoms with Crippen LogP contribution >= 0.6 is 11.8 Å². The quantitative estimate of drug-likeness (QED) is 0.844. The van der Waals surface area contributed by atoms with Crippen LogP contribution in [-0.4, -0.2) is 34.2 Å². The zero-order valence-corrected chi connectivity index (χ0v) is 11.0. The van der Waals surface area contributed by atoms with Crippen LogP contribution in [0.2, 0.25) is 0 Å². The van der Waals surface area contributed by atoms with Crippen LogP contribution in [0.25, 0.3) is 0 Å². The molecule has 2 aliphatic rings. The van der Waals surface area contributed by atoms with E-state index < -0.39 is 11.2 Å². The van der Waals surface area contributed by atoms with Crippen LogP contribution in [0.5, 0.6) is 11.5 Å². The van der Waals surface area contributed by atoms with Gasteiger partial charge in [-0.1, -0.05) is 0 Å². The summed E-state index contributed by atoms with van der Waals surface area (Å²) in [6.45, 7) is 1.88. The first kappa shape index (κ1) is 12.3. The summed E-state index contributed by atoms with van der Waals surface area (Å²) in [4.78, 5) is 23.5. The van der Waals surface area contributed by atoms with Gasteiger partial charge in [0.2, 0.25) is 6.79 Å². The maximum absolute atomic E-state index is 12.3. The van der Waals surface area contributed by atoms with Crippen LogP contribution in [-0.2, 0) is 11.2 Å². The molecule has 0 fully saturated rings. The van der Waals surface area contributed by atoms with Gasteiger partial charge in [0.05, 0.1) is 5.25 Å². The Morgan fingerprint density at radius 2 is 2.05 bits per heavy atom. The van der Waals surface area contributed by atoms with E-state index in [1.165, 1.54) is 11.8 Å². The Balaban J connectivity index is 2.09. The van der Waals surface area contributed by atoms with Gasteiger partial charge in [-0.2, -0.15) is 0 Å². The highest BCUT2D eigenvalue weighted by Gasteiger charge is 2.33. The number of carboxylic acids is 1. The summed E-state index contributed by atoms with van der Waals surface area (Å²) >= 11 is 1.19. The van der Waals surface area contributed by atoms with Gasteiger partial charge in [-0.05, 0) is 31.0 Å². The van der Waals surface area contributed by atoms with E-state index in [0.29, 0.717) is 23.5 Å². The highest BCUT2D eigenvalue weighted by molar-refractivity contribution is 8.01. The summed E-state index contributed by atoms with van der Waals surface area (Å²) in [6.07, 6.45) is 0.321. The van der Waals surface area contributed by atoms with Gasteiger partial charge in [-0.25, -0.2) is 0 Å². The number of carbonyl (C=O) groups is 2. The molecule has 19 heavy (non-hydrogen) atoms. The number of Topliss-reactive ketones (excluding diaryl/α,β-unsaturated/α-hetero) is 1. The predicted molar refractivity (Wildman–Crippen MR) is 69.1 cm³/mol. The number of thioether (sulfide) groups is 1. The highest BCUT2D eigenvalue weighted by Crippen LogP contribution is 2.39. The van der Waals surface area contributed by atoms with Crippen molar-refractivity contribution in [2.75, 3.05) is 6.79 Å². The molecule has 0 aliphatic carbocycles. The first-order valence-corrected chi connectivity index (χ1v) is 6.85. The van der Waals surface area contributed by atoms with Crippen molar-refractivity contribution in [1.29, 1.82) is 0 Å². The monoisotopic (exact) mass is 280 g/mol. The largest absolute Gasteiger partial charge is 0.480 e. The van der Waals surface area contributed by atoms with Gasteiger partial charge in [0, 0.05) is 5.56 Å². The van der Waals surface area contributed by atoms with Crippen molar-refractivity contribution >= 4 is 23.5 Å². The van der Waals surface area contributed by atoms with Gasteiger partial charge in [0.1, 0.15) is 5.25 Å². The van der Waals surface area contributed by atoms with E-state index in [1.807, 2.05) is 0 Å². The number of fused-ring (bicyclic) bond motifs is 2. The van der Waals surface area contributed by atoms with E-state index in [0.717, 1.165) is 5.56 Å². The molecule has 2 heterocycles. The van der Waals surface area contributed by atoms with Gasteiger partial charge >= 0.3 is 5.97 Å². The molecular formula is C13H12O5S. The van der Waals surface area contributed by atoms with E-state index in [2.05, 4.69) is 0 Å². The fraction of sp³-hybridized carbons (Fsp3) is 0.385. The molecule has 1 aromatic carbocycles. The maximum Gasteiger partial charge on any atom is 0.316 e. The third-order valence-electron chi connectivity index (χ3n) is 3.28. The molecule has 5 nitrogen and oxygen atoms in total. The van der Waals surface area contributed by atoms with Crippen LogP contribution in [0.1, 0.15) is 22.8 Å². The highest BCUT2D eigenvalue weighted by atomic mass is 32.2. The van der Waals surface area contributed by atoms with Crippen LogP contribution in [0.4, 0.5) is 0 Å². The van der Waals surface area contributed by atoms with E-state index in [-0.39, 0.29) is 17.8 Å². The second-order valence-electron chi connectivity index (χ2n) is 4.54. The molecule has 2 atom stereocenters. The fourth-order valence-electron chi connectivity index (χ4n) is 2.30. The first-order chi connectivity index (χ1) is 9.06. The number of ketones is 1. The van der Waals surface area contributed by atoms with Crippen molar-refractivity contribution in [3.05, 3.63) is 23.3 Å². The molecule has 100 valence electrons. The summed E-state index contributed by atoms with van der Waals surface area (Å²) in [5, 5.41) is 8.22. The van der Waals surface area contributed by atoms with Gasteiger partial charge in [-0.3, -0.25) is 9.59 Å². The molecule has 6 heteroatoms. The molecule has 0 bridgehead atoms. The summed E-state index contributed by atoms with van der Waals surface area (Å²) in [5.41, 5.74) is 1.27. The van der Waals surface area contributed by atoms with Gasteiger partial charge in [0.15, 0.2) is 17.3 Å². The van der Waals surface area contributed by atoms with Crippen LogP contribution in [0, 0.1) is 0 Å². The minimum atomic E-state index is -0.893. The first-order valence-electron chi connectivity index (χ1n) is 5.91. The lowest BCUT2D eigenvalue weighted by atomic mass is 9.97. The van der Waals surface area contributed by atoms with E-state index >= 15 is 0 Å². The summed E-state index contributed by atoms with van der Waals surface area (Å²) in [5.74, 6) is 0.186. The Labute approximate surface area is 113 Å². The molecule has 2 aliphatic heterocycles. The van der Waals surface area contributed by atoms with Crippen LogP contribution < -0.4 is 9.47 Å². The molecule has 0 radical (unpaired) electrons. The number of carboxylic acid groups (broad SMARTS) is 1. The third-order valence-corrected chi connectivity index (χ3v) is 4.60. The molecule has 0 amide bonds. The summed E-state index contributed by atoms with van der Waals surface area (Å²) in [7, 11) is 0. The zero-order chi connectivity index (χ0) is 13.6. The lowest BCUT2D eigenvalue weighted by Gasteiger charge is -2.10. The van der Waals surface area contributed by atoms with Gasteiger partial charge in [0.25, 0.3) is 0 Å². The zero-order valence-electron chi connectivity index (χ0n) is 10.2. The standard InChI is InChI=1S/C13H12O5S/c1-6-12(14)8-4-10-9(17-5-18-10)2-7(8)3-11(19-6)13(15)16/h2,4,6,11H,3,5H2,1H3,(H,15,16)/t6-,11-/m0/s1. The Morgan fingerprint density at radius 3 is 2.74 bits per heavy atom. The number of carbonyl (C=O) groups excluding carboxylic acids is 1. The maximum atomic E-state index is 12.3. The fourth-order valence-corrected chi connectivity index (χ4v) is 3.44. The molecule has 3 rings (SSSR count). The average molecular weight is 280 g/mol. The minimum absolute atomic E-state index is 0.0537. The van der Waals surface area contributed by atoms with E-state index in [9.17, 15) is 14.7 Å². The van der Waals surface area contributed by atoms with Crippen molar-refractivity contribution < 1.29 is 24.2 Å². The van der Waals surface area contributed by atoms with Gasteiger partial charge < -0.3 is 14.6 Å². The van der Waals surface area contributed by atoms with Crippen molar-refractivity contribution in [3.8, 4) is 11.5 Å². The minimum Gasteiger partial charge on any atom is -0.480 e. The van der Waals surface area contributed by atoms with E-state index in [4.69, 9.17) is 9.47 Å². The SMILES string of the molecule is C[C@@H]1S[C@H](C(=O)O)Cc2cc3c(cc2C1=O)OCO3. The van der Waals surface area contributed by atoms with Crippen LogP contribution in [0.15, 0.2) is 12.1 Å². The Bertz CT molecular complexity index is 568. The Morgan fingerprint density at radius 1 is 1.37 bits per heavy atom. The molecule has 0 saturated carbocycles. The average Bonchev–Trinajstić information content (AvgIpc) is 2.78. The number of aliphatic carboxylic acids is 1. The van der Waals surface area contributed by atoms with E-state index in [1.54, 1.807) is 19.1 Å². The second kappa shape index (κ2) is 4.45. The number of rotatable bonds is 1. The molecule has 1 aromatic rings. The van der Waals surface area contributed by atoms with Crippen molar-refractivity contribution in [3.63, 3.8) is 0 Å². The van der Waals surface area contributed by atoms with Crippen molar-refractivity contribution in [1.82, 2.24) is 0 Å². The second-order valence-corrected chi connectivity index (χ2v) is 6.08. The lowest BCUT2D eigenvalue weighted by molar-refractivity contribution is -0.136. The normalized spacial score (nSPS) is 24.8. The van der Waals surface area contributed by atoms with Gasteiger partial charge in [-0.15, -0.1) is 11.8 Å². The van der Waals surface area contributed by atoms with Crippen molar-refractivity contribution in [2.45, 2.75) is 23.8 Å². The molecule has 0 spiro atoms. The summed E-state index contributed by atoms with van der Waals surface area (Å²) in [6, 6.07) is 3.39. The lowest BCUT2D eigenvalue weighted by Crippen LogP contribution is -2.21. The molecule has 1 N–H and O–H groups in total. The Kier molecular flexibility index (Phi) is 2.89. The molecule has 0 aromatic heterocycles. The van der Waals surface area contributed by atoms with Crippen molar-refractivity contribution in [2.24, 2.45) is 0 Å². The predicted octanol–water partition coefficient (Wildman–Crippen LogP) is 1.73. The number of ether oxygens (including phenoxy) is 2. The molecule has 0 saturated heterocycles. The number of hydrogen-bond acceptors (Lipinski definition) is 5. The van der Waals surface area contributed by atoms with Crippen LogP contribution in [0.3, 0.4) is 0 Å².